The van der Waals surface area contributed by atoms with E-state index in [0.717, 1.165) is 12.5 Å². The first-order valence-corrected chi connectivity index (χ1v) is 7.13. The summed E-state index contributed by atoms with van der Waals surface area (Å²) in [4.78, 5) is 3.28. The van der Waals surface area contributed by atoms with Crippen molar-refractivity contribution < 1.29 is 0 Å². The predicted molar refractivity (Wildman–Crippen MR) is 74.4 cm³/mol. The van der Waals surface area contributed by atoms with E-state index in [2.05, 4.69) is 34.6 Å². The molecule has 2 aliphatic carbocycles. The minimum absolute atomic E-state index is 0.705. The van der Waals surface area contributed by atoms with Gasteiger partial charge in [0, 0.05) is 24.8 Å². The molecule has 18 heavy (non-hydrogen) atoms. The summed E-state index contributed by atoms with van der Waals surface area (Å²) in [5.74, 6) is 1.05. The van der Waals surface area contributed by atoms with Crippen LogP contribution in [0.5, 0.6) is 0 Å². The smallest absolute Gasteiger partial charge is 0.0457 e. The van der Waals surface area contributed by atoms with Gasteiger partial charge in [0.05, 0.1) is 0 Å². The van der Waals surface area contributed by atoms with Gasteiger partial charge in [-0.1, -0.05) is 12.1 Å². The lowest BCUT2D eigenvalue weighted by molar-refractivity contribution is 0.403. The lowest BCUT2D eigenvalue weighted by atomic mass is 10.0. The van der Waals surface area contributed by atoms with Crippen LogP contribution < -0.4 is 5.32 Å². The Hall–Kier alpha value is -1.28. The normalized spacial score (nSPS) is 21.3. The first kappa shape index (κ1) is 10.6. The van der Waals surface area contributed by atoms with Gasteiger partial charge in [-0.25, -0.2) is 0 Å². The summed E-state index contributed by atoms with van der Waals surface area (Å²) in [6.45, 7) is 2.23. The Labute approximate surface area is 108 Å². The van der Waals surface area contributed by atoms with E-state index in [4.69, 9.17) is 0 Å². The average molecular weight is 240 g/mol. The number of aromatic amines is 1. The summed E-state index contributed by atoms with van der Waals surface area (Å²) >= 11 is 0. The molecule has 0 unspecified atom stereocenters. The van der Waals surface area contributed by atoms with Gasteiger partial charge in [-0.15, -0.1) is 0 Å². The highest BCUT2D eigenvalue weighted by Gasteiger charge is 2.53. The van der Waals surface area contributed by atoms with Crippen LogP contribution in [0, 0.1) is 11.3 Å². The van der Waals surface area contributed by atoms with Crippen LogP contribution in [0.25, 0.3) is 10.9 Å². The van der Waals surface area contributed by atoms with Crippen LogP contribution in [0.3, 0.4) is 0 Å². The minimum Gasteiger partial charge on any atom is -0.361 e. The fourth-order valence-electron chi connectivity index (χ4n) is 3.25. The number of H-pyrrole nitrogens is 1. The lowest BCUT2D eigenvalue weighted by Gasteiger charge is -2.15. The standard InChI is InChI=1S/C16H20N2/c1-2-13-5-8-18-15(13)9-12(1)10-17-11-16(6-7-16)14-3-4-14/h1-2,5,8-9,14,17-18H,3-4,6-7,10-11H2. The van der Waals surface area contributed by atoms with E-state index in [9.17, 15) is 0 Å². The van der Waals surface area contributed by atoms with Gasteiger partial charge in [0.2, 0.25) is 0 Å². The van der Waals surface area contributed by atoms with Crippen molar-refractivity contribution in [2.45, 2.75) is 32.2 Å². The Kier molecular flexibility index (Phi) is 2.28. The number of benzene rings is 1. The van der Waals surface area contributed by atoms with E-state index in [1.54, 1.807) is 0 Å². The zero-order valence-corrected chi connectivity index (χ0v) is 10.7. The SMILES string of the molecule is c1cc2ccc(CNCC3(C4CC4)CC3)cc2[nH]1. The van der Waals surface area contributed by atoms with Gasteiger partial charge in [0.1, 0.15) is 0 Å². The van der Waals surface area contributed by atoms with Crippen LogP contribution in [0.4, 0.5) is 0 Å². The molecular formula is C16H20N2. The Bertz CT molecular complexity index is 561. The molecule has 0 radical (unpaired) electrons. The highest BCUT2D eigenvalue weighted by atomic mass is 14.9. The monoisotopic (exact) mass is 240 g/mol. The molecule has 2 aliphatic rings. The van der Waals surface area contributed by atoms with Gasteiger partial charge in [-0.2, -0.15) is 0 Å². The Morgan fingerprint density at radius 3 is 2.89 bits per heavy atom. The van der Waals surface area contributed by atoms with Crippen molar-refractivity contribution in [3.05, 3.63) is 36.0 Å². The molecule has 4 rings (SSSR count). The predicted octanol–water partition coefficient (Wildman–Crippen LogP) is 3.45. The highest BCUT2D eigenvalue weighted by molar-refractivity contribution is 5.79. The fourth-order valence-corrected chi connectivity index (χ4v) is 3.25. The average Bonchev–Trinajstić information content (AvgIpc) is 3.27. The molecule has 2 heteroatoms. The van der Waals surface area contributed by atoms with Crippen LogP contribution >= 0.6 is 0 Å². The van der Waals surface area contributed by atoms with Crippen molar-refractivity contribution in [2.24, 2.45) is 11.3 Å². The molecule has 2 nitrogen and oxygen atoms in total. The Balaban J connectivity index is 1.39. The highest BCUT2D eigenvalue weighted by Crippen LogP contribution is 2.60. The van der Waals surface area contributed by atoms with Crippen molar-refractivity contribution in [1.82, 2.24) is 10.3 Å². The van der Waals surface area contributed by atoms with Crippen LogP contribution in [-0.4, -0.2) is 11.5 Å². The van der Waals surface area contributed by atoms with E-state index >= 15 is 0 Å². The summed E-state index contributed by atoms with van der Waals surface area (Å²) in [6, 6.07) is 8.83. The second kappa shape index (κ2) is 3.86. The fraction of sp³-hybridized carbons (Fsp3) is 0.500. The molecule has 0 atom stereocenters. The number of rotatable bonds is 5. The molecule has 1 heterocycles. The minimum atomic E-state index is 0.705. The third kappa shape index (κ3) is 1.85. The molecule has 1 aromatic heterocycles. The lowest BCUT2D eigenvalue weighted by Crippen LogP contribution is -2.24. The Morgan fingerprint density at radius 1 is 1.22 bits per heavy atom. The van der Waals surface area contributed by atoms with Crippen molar-refractivity contribution >= 4 is 10.9 Å². The van der Waals surface area contributed by atoms with Crippen LogP contribution in [0.15, 0.2) is 30.5 Å². The van der Waals surface area contributed by atoms with Crippen LogP contribution in [0.1, 0.15) is 31.2 Å². The van der Waals surface area contributed by atoms with Gasteiger partial charge < -0.3 is 10.3 Å². The van der Waals surface area contributed by atoms with Crippen LogP contribution in [0.2, 0.25) is 0 Å². The maximum atomic E-state index is 3.67. The maximum absolute atomic E-state index is 3.67. The third-order valence-corrected chi connectivity index (χ3v) is 4.76. The number of fused-ring (bicyclic) bond motifs is 1. The summed E-state index contributed by atoms with van der Waals surface area (Å²) in [7, 11) is 0. The summed E-state index contributed by atoms with van der Waals surface area (Å²) in [5, 5.41) is 4.97. The van der Waals surface area contributed by atoms with Gasteiger partial charge in [-0.05, 0) is 60.1 Å². The Morgan fingerprint density at radius 2 is 2.11 bits per heavy atom. The number of aromatic nitrogens is 1. The first-order valence-electron chi connectivity index (χ1n) is 7.13. The van der Waals surface area contributed by atoms with E-state index in [1.165, 1.54) is 48.7 Å². The maximum Gasteiger partial charge on any atom is 0.0457 e. The van der Waals surface area contributed by atoms with Gasteiger partial charge in [-0.3, -0.25) is 0 Å². The molecule has 2 fully saturated rings. The van der Waals surface area contributed by atoms with E-state index < -0.39 is 0 Å². The van der Waals surface area contributed by atoms with Crippen molar-refractivity contribution in [1.29, 1.82) is 0 Å². The van der Waals surface area contributed by atoms with Gasteiger partial charge in [0.15, 0.2) is 0 Å². The van der Waals surface area contributed by atoms with Crippen molar-refractivity contribution in [3.8, 4) is 0 Å². The molecule has 0 amide bonds. The van der Waals surface area contributed by atoms with Crippen molar-refractivity contribution in [3.63, 3.8) is 0 Å². The molecule has 0 aliphatic heterocycles. The number of hydrogen-bond acceptors (Lipinski definition) is 1. The zero-order chi connectivity index (χ0) is 12.0. The number of hydrogen-bond donors (Lipinski definition) is 2. The topological polar surface area (TPSA) is 27.8 Å². The molecule has 2 saturated carbocycles. The molecule has 1 aromatic carbocycles. The first-order chi connectivity index (χ1) is 8.86. The number of nitrogens with one attached hydrogen (secondary N) is 2. The van der Waals surface area contributed by atoms with E-state index in [-0.39, 0.29) is 0 Å². The molecule has 2 N–H and O–H groups in total. The molecule has 0 spiro atoms. The second-order valence-corrected chi connectivity index (χ2v) is 6.14. The molecule has 2 aromatic rings. The molecule has 0 bridgehead atoms. The second-order valence-electron chi connectivity index (χ2n) is 6.14. The van der Waals surface area contributed by atoms with Crippen LogP contribution in [-0.2, 0) is 6.54 Å². The van der Waals surface area contributed by atoms with E-state index in [1.807, 2.05) is 6.20 Å². The summed E-state index contributed by atoms with van der Waals surface area (Å²) in [6.07, 6.45) is 7.89. The van der Waals surface area contributed by atoms with Gasteiger partial charge in [0.25, 0.3) is 0 Å². The summed E-state index contributed by atoms with van der Waals surface area (Å²) < 4.78 is 0. The zero-order valence-electron chi connectivity index (χ0n) is 10.7. The molecule has 94 valence electrons. The quantitative estimate of drug-likeness (QED) is 0.823. The molecule has 0 saturated heterocycles. The summed E-state index contributed by atoms with van der Waals surface area (Å²) in [5.41, 5.74) is 3.34. The molecular weight excluding hydrogens is 220 g/mol. The largest absolute Gasteiger partial charge is 0.361 e. The van der Waals surface area contributed by atoms with Crippen molar-refractivity contribution in [2.75, 3.05) is 6.54 Å². The van der Waals surface area contributed by atoms with E-state index in [0.29, 0.717) is 5.41 Å². The van der Waals surface area contributed by atoms with Gasteiger partial charge >= 0.3 is 0 Å². The third-order valence-electron chi connectivity index (χ3n) is 4.76.